The Kier molecular flexibility index (Phi) is 2.96. The molecule has 1 spiro atoms. The minimum absolute atomic E-state index is 0.0490. The van der Waals surface area contributed by atoms with Crippen molar-refractivity contribution in [2.45, 2.75) is 43.9 Å². The van der Waals surface area contributed by atoms with Crippen LogP contribution in [-0.2, 0) is 9.47 Å². The van der Waals surface area contributed by atoms with Crippen molar-refractivity contribution >= 4 is 6.03 Å². The van der Waals surface area contributed by atoms with Crippen molar-refractivity contribution < 1.29 is 14.3 Å². The standard InChI is InChI=1S/C12H20N2O3/c15-11(13-10-3-1-4-10)14-6-2-5-12(9-14)16-7-8-17-12/h10H,1-9H2,(H,13,15). The van der Waals surface area contributed by atoms with E-state index in [1.807, 2.05) is 4.90 Å². The summed E-state index contributed by atoms with van der Waals surface area (Å²) in [4.78, 5) is 13.9. The van der Waals surface area contributed by atoms with Crippen molar-refractivity contribution in [3.63, 3.8) is 0 Å². The molecule has 2 saturated heterocycles. The lowest BCUT2D eigenvalue weighted by atomic mass is 9.93. The molecule has 3 rings (SSSR count). The zero-order valence-electron chi connectivity index (χ0n) is 10.1. The SMILES string of the molecule is O=C(NC1CCC1)N1CCCC2(C1)OCCO2. The third kappa shape index (κ3) is 2.26. The Labute approximate surface area is 101 Å². The van der Waals surface area contributed by atoms with Crippen LogP contribution in [-0.4, -0.2) is 49.1 Å². The average molecular weight is 240 g/mol. The fourth-order valence-corrected chi connectivity index (χ4v) is 2.71. The molecule has 1 N–H and O–H groups in total. The summed E-state index contributed by atoms with van der Waals surface area (Å²) in [7, 11) is 0. The van der Waals surface area contributed by atoms with Gasteiger partial charge in [0, 0.05) is 19.0 Å². The smallest absolute Gasteiger partial charge is 0.317 e. The number of carbonyl (C=O) groups is 1. The normalized spacial score (nSPS) is 28.1. The molecule has 0 atom stereocenters. The molecule has 0 aromatic rings. The van der Waals surface area contributed by atoms with Gasteiger partial charge in [-0.15, -0.1) is 0 Å². The van der Waals surface area contributed by atoms with Crippen LogP contribution in [0, 0.1) is 0 Å². The average Bonchev–Trinajstić information content (AvgIpc) is 2.71. The third-order valence-electron chi connectivity index (χ3n) is 3.95. The lowest BCUT2D eigenvalue weighted by Gasteiger charge is -2.39. The number of likely N-dealkylation sites (tertiary alicyclic amines) is 1. The summed E-state index contributed by atoms with van der Waals surface area (Å²) in [5.41, 5.74) is 0. The Bertz CT molecular complexity index is 298. The van der Waals surface area contributed by atoms with Crippen LogP contribution in [0.25, 0.3) is 0 Å². The summed E-state index contributed by atoms with van der Waals surface area (Å²) >= 11 is 0. The van der Waals surface area contributed by atoms with Gasteiger partial charge in [0.15, 0.2) is 5.79 Å². The topological polar surface area (TPSA) is 50.8 Å². The summed E-state index contributed by atoms with van der Waals surface area (Å²) in [5.74, 6) is -0.505. The van der Waals surface area contributed by atoms with Crippen LogP contribution in [0.5, 0.6) is 0 Å². The molecule has 2 aliphatic heterocycles. The molecular weight excluding hydrogens is 220 g/mol. The summed E-state index contributed by atoms with van der Waals surface area (Å²) in [5, 5.41) is 3.07. The van der Waals surface area contributed by atoms with E-state index >= 15 is 0 Å². The van der Waals surface area contributed by atoms with Crippen LogP contribution in [0.2, 0.25) is 0 Å². The number of rotatable bonds is 1. The molecule has 3 fully saturated rings. The van der Waals surface area contributed by atoms with Crippen LogP contribution in [0.3, 0.4) is 0 Å². The van der Waals surface area contributed by atoms with E-state index < -0.39 is 5.79 Å². The second-order valence-corrected chi connectivity index (χ2v) is 5.21. The zero-order chi connectivity index (χ0) is 11.7. The number of nitrogens with one attached hydrogen (secondary N) is 1. The first-order valence-electron chi connectivity index (χ1n) is 6.61. The summed E-state index contributed by atoms with van der Waals surface area (Å²) in [6.07, 6.45) is 5.34. The predicted octanol–water partition coefficient (Wildman–Crippen LogP) is 1.09. The van der Waals surface area contributed by atoms with E-state index in [-0.39, 0.29) is 6.03 Å². The molecule has 17 heavy (non-hydrogen) atoms. The number of amides is 2. The highest BCUT2D eigenvalue weighted by molar-refractivity contribution is 5.74. The molecule has 2 heterocycles. The highest BCUT2D eigenvalue weighted by atomic mass is 16.7. The van der Waals surface area contributed by atoms with Gasteiger partial charge in [0.25, 0.3) is 0 Å². The Hall–Kier alpha value is -0.810. The molecule has 0 aromatic carbocycles. The van der Waals surface area contributed by atoms with Crippen LogP contribution < -0.4 is 5.32 Å². The van der Waals surface area contributed by atoms with Crippen LogP contribution in [0.1, 0.15) is 32.1 Å². The first-order chi connectivity index (χ1) is 8.27. The van der Waals surface area contributed by atoms with Gasteiger partial charge in [-0.1, -0.05) is 0 Å². The van der Waals surface area contributed by atoms with E-state index in [9.17, 15) is 4.79 Å². The van der Waals surface area contributed by atoms with Gasteiger partial charge in [0.05, 0.1) is 19.8 Å². The van der Waals surface area contributed by atoms with E-state index in [2.05, 4.69) is 5.32 Å². The van der Waals surface area contributed by atoms with E-state index in [4.69, 9.17) is 9.47 Å². The van der Waals surface area contributed by atoms with Gasteiger partial charge in [-0.25, -0.2) is 4.79 Å². The van der Waals surface area contributed by atoms with E-state index in [0.717, 1.165) is 32.2 Å². The maximum absolute atomic E-state index is 12.0. The Morgan fingerprint density at radius 2 is 2.00 bits per heavy atom. The lowest BCUT2D eigenvalue weighted by Crippen LogP contribution is -2.55. The molecule has 0 aromatic heterocycles. The number of piperidine rings is 1. The van der Waals surface area contributed by atoms with Gasteiger partial charge < -0.3 is 19.7 Å². The minimum Gasteiger partial charge on any atom is -0.346 e. The second kappa shape index (κ2) is 4.46. The van der Waals surface area contributed by atoms with Crippen molar-refractivity contribution in [2.24, 2.45) is 0 Å². The monoisotopic (exact) mass is 240 g/mol. The highest BCUT2D eigenvalue weighted by Gasteiger charge is 2.42. The minimum atomic E-state index is -0.505. The van der Waals surface area contributed by atoms with Crippen LogP contribution >= 0.6 is 0 Å². The second-order valence-electron chi connectivity index (χ2n) is 5.21. The molecular formula is C12H20N2O3. The zero-order valence-corrected chi connectivity index (χ0v) is 10.1. The molecule has 1 saturated carbocycles. The van der Waals surface area contributed by atoms with Gasteiger partial charge in [0.1, 0.15) is 0 Å². The van der Waals surface area contributed by atoms with Crippen LogP contribution in [0.15, 0.2) is 0 Å². The number of hydrogen-bond donors (Lipinski definition) is 1. The number of carbonyl (C=O) groups excluding carboxylic acids is 1. The van der Waals surface area contributed by atoms with Crippen molar-refractivity contribution in [3.8, 4) is 0 Å². The molecule has 0 unspecified atom stereocenters. The molecule has 5 heteroatoms. The molecule has 1 aliphatic carbocycles. The van der Waals surface area contributed by atoms with E-state index in [1.165, 1.54) is 6.42 Å². The Morgan fingerprint density at radius 3 is 2.65 bits per heavy atom. The van der Waals surface area contributed by atoms with Gasteiger partial charge in [-0.3, -0.25) is 0 Å². The predicted molar refractivity (Wildman–Crippen MR) is 61.6 cm³/mol. The molecule has 0 radical (unpaired) electrons. The quantitative estimate of drug-likeness (QED) is 0.746. The van der Waals surface area contributed by atoms with Crippen molar-refractivity contribution in [1.82, 2.24) is 10.2 Å². The van der Waals surface area contributed by atoms with Gasteiger partial charge in [0.2, 0.25) is 0 Å². The third-order valence-corrected chi connectivity index (χ3v) is 3.95. The fourth-order valence-electron chi connectivity index (χ4n) is 2.71. The number of urea groups is 1. The van der Waals surface area contributed by atoms with Crippen molar-refractivity contribution in [1.29, 1.82) is 0 Å². The van der Waals surface area contributed by atoms with Crippen LogP contribution in [0.4, 0.5) is 4.79 Å². The fraction of sp³-hybridized carbons (Fsp3) is 0.917. The van der Waals surface area contributed by atoms with E-state index in [0.29, 0.717) is 25.8 Å². The molecule has 96 valence electrons. The number of ether oxygens (including phenoxy) is 2. The molecule has 3 aliphatic rings. The van der Waals surface area contributed by atoms with E-state index in [1.54, 1.807) is 0 Å². The van der Waals surface area contributed by atoms with Gasteiger partial charge in [-0.05, 0) is 25.7 Å². The van der Waals surface area contributed by atoms with Gasteiger partial charge >= 0.3 is 6.03 Å². The Balaban J connectivity index is 1.56. The summed E-state index contributed by atoms with van der Waals surface area (Å²) < 4.78 is 11.3. The van der Waals surface area contributed by atoms with Crippen molar-refractivity contribution in [3.05, 3.63) is 0 Å². The first kappa shape index (κ1) is 11.3. The number of hydrogen-bond acceptors (Lipinski definition) is 3. The maximum atomic E-state index is 12.0. The lowest BCUT2D eigenvalue weighted by molar-refractivity contribution is -0.183. The highest BCUT2D eigenvalue weighted by Crippen LogP contribution is 2.30. The molecule has 0 bridgehead atoms. The largest absolute Gasteiger partial charge is 0.346 e. The first-order valence-corrected chi connectivity index (χ1v) is 6.61. The molecule has 2 amide bonds. The van der Waals surface area contributed by atoms with Crippen molar-refractivity contribution in [2.75, 3.05) is 26.3 Å². The maximum Gasteiger partial charge on any atom is 0.317 e. The number of nitrogens with zero attached hydrogens (tertiary/aromatic N) is 1. The molecule has 5 nitrogen and oxygen atoms in total. The Morgan fingerprint density at radius 1 is 1.24 bits per heavy atom. The van der Waals surface area contributed by atoms with Gasteiger partial charge in [-0.2, -0.15) is 0 Å². The summed E-state index contributed by atoms with van der Waals surface area (Å²) in [6, 6.07) is 0.443. The summed E-state index contributed by atoms with van der Waals surface area (Å²) in [6.45, 7) is 2.69.